The highest BCUT2D eigenvalue weighted by Crippen LogP contribution is 2.34. The average Bonchev–Trinajstić information content (AvgIpc) is 3.24. The first-order chi connectivity index (χ1) is 14.8. The van der Waals surface area contributed by atoms with Gasteiger partial charge < -0.3 is 9.09 Å². The van der Waals surface area contributed by atoms with Crippen LogP contribution in [0, 0.1) is 13.8 Å². The van der Waals surface area contributed by atoms with Crippen molar-refractivity contribution in [2.45, 2.75) is 25.3 Å². The van der Waals surface area contributed by atoms with Gasteiger partial charge in [-0.15, -0.1) is 0 Å². The van der Waals surface area contributed by atoms with Crippen molar-refractivity contribution in [3.05, 3.63) is 77.8 Å². The van der Waals surface area contributed by atoms with Gasteiger partial charge in [-0.1, -0.05) is 35.5 Å². The predicted octanol–water partition coefficient (Wildman–Crippen LogP) is 4.91. The van der Waals surface area contributed by atoms with Crippen LogP contribution >= 0.6 is 0 Å². The summed E-state index contributed by atoms with van der Waals surface area (Å²) in [6.07, 6.45) is 3.05. The Bertz CT molecular complexity index is 1530. The largest absolute Gasteiger partial charge is 0.361 e. The van der Waals surface area contributed by atoms with Crippen LogP contribution < -0.4 is 0 Å². The molecule has 0 atom stereocenters. The van der Waals surface area contributed by atoms with Crippen molar-refractivity contribution in [3.63, 3.8) is 0 Å². The summed E-state index contributed by atoms with van der Waals surface area (Å²) in [5, 5.41) is 4.99. The van der Waals surface area contributed by atoms with E-state index < -0.39 is 9.84 Å². The summed E-state index contributed by atoms with van der Waals surface area (Å²) in [5.41, 5.74) is 6.39. The Labute approximate surface area is 180 Å². The molecule has 6 nitrogen and oxygen atoms in total. The molecule has 0 aliphatic carbocycles. The van der Waals surface area contributed by atoms with Crippen molar-refractivity contribution >= 4 is 31.8 Å². The second-order valence-electron chi connectivity index (χ2n) is 7.81. The second kappa shape index (κ2) is 7.06. The lowest BCUT2D eigenvalue weighted by Crippen LogP contribution is -2.01. The lowest BCUT2D eigenvalue weighted by atomic mass is 10.1. The smallest absolute Gasteiger partial charge is 0.175 e. The molecule has 0 aliphatic rings. The van der Waals surface area contributed by atoms with Crippen LogP contribution in [0.2, 0.25) is 0 Å². The Kier molecular flexibility index (Phi) is 4.44. The molecular weight excluding hydrogens is 410 g/mol. The van der Waals surface area contributed by atoms with Crippen molar-refractivity contribution in [2.24, 2.45) is 0 Å². The molecule has 0 spiro atoms. The Balaban J connectivity index is 1.82. The first kappa shape index (κ1) is 19.5. The minimum Gasteiger partial charge on any atom is -0.361 e. The van der Waals surface area contributed by atoms with E-state index in [-0.39, 0.29) is 0 Å². The van der Waals surface area contributed by atoms with Crippen molar-refractivity contribution in [1.82, 2.24) is 14.7 Å². The summed E-state index contributed by atoms with van der Waals surface area (Å²) < 4.78 is 31.9. The van der Waals surface area contributed by atoms with E-state index in [4.69, 9.17) is 9.51 Å². The molecule has 7 heteroatoms. The van der Waals surface area contributed by atoms with Gasteiger partial charge in [0, 0.05) is 35.5 Å². The Hall–Kier alpha value is -3.45. The molecular formula is C24H21N3O3S. The third-order valence-electron chi connectivity index (χ3n) is 5.61. The maximum Gasteiger partial charge on any atom is 0.175 e. The number of rotatable bonds is 4. The predicted molar refractivity (Wildman–Crippen MR) is 121 cm³/mol. The zero-order valence-electron chi connectivity index (χ0n) is 17.5. The van der Waals surface area contributed by atoms with Crippen molar-refractivity contribution in [2.75, 3.05) is 6.26 Å². The van der Waals surface area contributed by atoms with Gasteiger partial charge in [-0.3, -0.25) is 4.98 Å². The number of hydrogen-bond donors (Lipinski definition) is 0. The summed E-state index contributed by atoms with van der Waals surface area (Å²) >= 11 is 0. The lowest BCUT2D eigenvalue weighted by molar-refractivity contribution is 0.393. The number of pyridine rings is 1. The molecule has 3 heterocycles. The van der Waals surface area contributed by atoms with Crippen LogP contribution in [-0.4, -0.2) is 29.4 Å². The molecule has 3 aromatic heterocycles. The van der Waals surface area contributed by atoms with Crippen LogP contribution in [0.15, 0.2) is 70.2 Å². The molecule has 5 aromatic rings. The van der Waals surface area contributed by atoms with Gasteiger partial charge in [0.15, 0.2) is 9.84 Å². The van der Waals surface area contributed by atoms with Gasteiger partial charge in [0.25, 0.3) is 0 Å². The number of benzene rings is 2. The van der Waals surface area contributed by atoms with Gasteiger partial charge in [-0.05, 0) is 43.7 Å². The van der Waals surface area contributed by atoms with E-state index in [1.54, 1.807) is 12.1 Å². The van der Waals surface area contributed by atoms with Gasteiger partial charge in [-0.25, -0.2) is 8.42 Å². The van der Waals surface area contributed by atoms with Gasteiger partial charge >= 0.3 is 0 Å². The van der Waals surface area contributed by atoms with E-state index in [1.165, 1.54) is 6.26 Å². The van der Waals surface area contributed by atoms with Gasteiger partial charge in [0.2, 0.25) is 0 Å². The first-order valence-electron chi connectivity index (χ1n) is 9.92. The molecule has 0 amide bonds. The number of hydrogen-bond acceptors (Lipinski definition) is 5. The molecule has 0 bridgehead atoms. The molecule has 0 aliphatic heterocycles. The van der Waals surface area contributed by atoms with Gasteiger partial charge in [-0.2, -0.15) is 0 Å². The average molecular weight is 432 g/mol. The fourth-order valence-electron chi connectivity index (χ4n) is 4.13. The molecule has 2 aromatic carbocycles. The zero-order chi connectivity index (χ0) is 21.8. The minimum absolute atomic E-state index is 0.295. The maximum atomic E-state index is 12.2. The first-order valence-corrected chi connectivity index (χ1v) is 11.8. The third kappa shape index (κ3) is 3.31. The molecule has 0 N–H and O–H groups in total. The number of fused-ring (bicyclic) bond motifs is 3. The monoisotopic (exact) mass is 431 g/mol. The van der Waals surface area contributed by atoms with Crippen LogP contribution in [0.25, 0.3) is 33.1 Å². The van der Waals surface area contributed by atoms with E-state index in [2.05, 4.69) is 27.9 Å². The number of nitrogens with zero attached hydrogens (tertiary/aromatic N) is 3. The Morgan fingerprint density at radius 3 is 2.45 bits per heavy atom. The summed E-state index contributed by atoms with van der Waals surface area (Å²) in [5.74, 6) is 0.740. The van der Waals surface area contributed by atoms with Crippen LogP contribution in [0.3, 0.4) is 0 Å². The van der Waals surface area contributed by atoms with Crippen molar-refractivity contribution in [1.29, 1.82) is 0 Å². The standard InChI is InChI=1S/C24H21N3O3S/c1-15-23(16(2)30-26-15)18-11-22-24(25-13-18)20-10-9-19(31(3,28)29)12-21(20)27(22)14-17-7-5-4-6-8-17/h4-13H,14H2,1-3H3. The minimum atomic E-state index is -3.33. The fourth-order valence-corrected chi connectivity index (χ4v) is 4.77. The molecule has 31 heavy (non-hydrogen) atoms. The van der Waals surface area contributed by atoms with E-state index >= 15 is 0 Å². The molecule has 5 rings (SSSR count). The van der Waals surface area contributed by atoms with Crippen LogP contribution in [0.5, 0.6) is 0 Å². The Morgan fingerprint density at radius 2 is 1.77 bits per heavy atom. The topological polar surface area (TPSA) is 78.0 Å². The van der Waals surface area contributed by atoms with Crippen molar-refractivity contribution in [3.8, 4) is 11.1 Å². The second-order valence-corrected chi connectivity index (χ2v) is 9.83. The van der Waals surface area contributed by atoms with Crippen LogP contribution in [0.4, 0.5) is 0 Å². The highest BCUT2D eigenvalue weighted by atomic mass is 32.2. The molecule has 0 saturated heterocycles. The molecule has 0 saturated carbocycles. The molecule has 156 valence electrons. The summed E-state index contributed by atoms with van der Waals surface area (Å²) in [6, 6.07) is 17.4. The summed E-state index contributed by atoms with van der Waals surface area (Å²) in [6.45, 7) is 4.39. The van der Waals surface area contributed by atoms with Gasteiger partial charge in [0.1, 0.15) is 5.76 Å². The van der Waals surface area contributed by atoms with E-state index in [1.807, 2.05) is 44.3 Å². The van der Waals surface area contributed by atoms with Crippen molar-refractivity contribution < 1.29 is 12.9 Å². The fraction of sp³-hybridized carbons (Fsp3) is 0.167. The highest BCUT2D eigenvalue weighted by molar-refractivity contribution is 7.90. The third-order valence-corrected chi connectivity index (χ3v) is 6.72. The molecule has 0 fully saturated rings. The van der Waals surface area contributed by atoms with Gasteiger partial charge in [0.05, 0.1) is 27.1 Å². The normalized spacial score (nSPS) is 12.1. The lowest BCUT2D eigenvalue weighted by Gasteiger charge is -2.09. The quantitative estimate of drug-likeness (QED) is 0.404. The van der Waals surface area contributed by atoms with Crippen LogP contribution in [-0.2, 0) is 16.4 Å². The van der Waals surface area contributed by atoms with E-state index in [9.17, 15) is 8.42 Å². The number of aryl methyl sites for hydroxylation is 2. The summed E-state index contributed by atoms with van der Waals surface area (Å²) in [7, 11) is -3.33. The number of aromatic nitrogens is 3. The SMILES string of the molecule is Cc1noc(C)c1-c1cnc2c3ccc(S(C)(=O)=O)cc3n(Cc3ccccc3)c2c1. The highest BCUT2D eigenvalue weighted by Gasteiger charge is 2.18. The van der Waals surface area contributed by atoms with Crippen LogP contribution in [0.1, 0.15) is 17.0 Å². The van der Waals surface area contributed by atoms with E-state index in [0.29, 0.717) is 11.4 Å². The maximum absolute atomic E-state index is 12.2. The number of sulfone groups is 1. The molecule has 0 unspecified atom stereocenters. The summed E-state index contributed by atoms with van der Waals surface area (Å²) in [4.78, 5) is 5.06. The van der Waals surface area contributed by atoms with E-state index in [0.717, 1.165) is 50.1 Å². The Morgan fingerprint density at radius 1 is 1.00 bits per heavy atom. The molecule has 0 radical (unpaired) electrons. The zero-order valence-corrected chi connectivity index (χ0v) is 18.3.